The lowest BCUT2D eigenvalue weighted by Gasteiger charge is -2.14. The van der Waals surface area contributed by atoms with E-state index in [-0.39, 0.29) is 12.3 Å². The van der Waals surface area contributed by atoms with Crippen LogP contribution in [0.3, 0.4) is 0 Å². The van der Waals surface area contributed by atoms with Crippen LogP contribution in [0.1, 0.15) is 6.42 Å². The van der Waals surface area contributed by atoms with Crippen LogP contribution < -0.4 is 24.8 Å². The van der Waals surface area contributed by atoms with Crippen molar-refractivity contribution in [2.75, 3.05) is 31.4 Å². The topological polar surface area (TPSA) is 68.8 Å². The van der Waals surface area contributed by atoms with Gasteiger partial charge in [0.2, 0.25) is 5.91 Å². The van der Waals surface area contributed by atoms with E-state index in [2.05, 4.69) is 10.6 Å². The number of ether oxygens (including phenoxy) is 3. The number of para-hydroxylation sites is 3. The van der Waals surface area contributed by atoms with Gasteiger partial charge in [-0.25, -0.2) is 0 Å². The number of methoxy groups -OCH3 is 2. The Hall–Kier alpha value is -3.67. The third-order valence-corrected chi connectivity index (χ3v) is 4.21. The monoisotopic (exact) mass is 392 g/mol. The van der Waals surface area contributed by atoms with Gasteiger partial charge in [0.25, 0.3) is 0 Å². The highest BCUT2D eigenvalue weighted by Crippen LogP contribution is 2.30. The van der Waals surface area contributed by atoms with Crippen molar-refractivity contribution >= 4 is 17.3 Å². The SMILES string of the molecule is COc1ccc(OC)c(NC(=O)CCNc2ccccc2Oc2ccccc2)c1. The molecule has 6 heteroatoms. The van der Waals surface area contributed by atoms with Gasteiger partial charge in [-0.05, 0) is 36.4 Å². The van der Waals surface area contributed by atoms with E-state index in [1.807, 2.05) is 54.6 Å². The third kappa shape index (κ3) is 5.65. The lowest BCUT2D eigenvalue weighted by atomic mass is 10.2. The molecule has 0 saturated heterocycles. The average Bonchev–Trinajstić information content (AvgIpc) is 2.75. The second-order valence-electron chi connectivity index (χ2n) is 6.20. The minimum Gasteiger partial charge on any atom is -0.497 e. The van der Waals surface area contributed by atoms with Gasteiger partial charge in [0, 0.05) is 19.0 Å². The summed E-state index contributed by atoms with van der Waals surface area (Å²) in [6.07, 6.45) is 0.278. The van der Waals surface area contributed by atoms with Crippen LogP contribution in [0.5, 0.6) is 23.0 Å². The molecular formula is C23H24N2O4. The molecule has 0 radical (unpaired) electrons. The molecule has 0 aliphatic heterocycles. The van der Waals surface area contributed by atoms with Gasteiger partial charge in [0.1, 0.15) is 17.2 Å². The Morgan fingerprint density at radius 1 is 0.793 bits per heavy atom. The molecule has 3 aromatic carbocycles. The van der Waals surface area contributed by atoms with E-state index in [4.69, 9.17) is 14.2 Å². The van der Waals surface area contributed by atoms with Gasteiger partial charge in [-0.2, -0.15) is 0 Å². The van der Waals surface area contributed by atoms with Crippen molar-refractivity contribution in [1.82, 2.24) is 0 Å². The van der Waals surface area contributed by atoms with E-state index >= 15 is 0 Å². The summed E-state index contributed by atoms with van der Waals surface area (Å²) in [5.74, 6) is 2.55. The number of carbonyl (C=O) groups excluding carboxylic acids is 1. The van der Waals surface area contributed by atoms with Gasteiger partial charge in [0.15, 0.2) is 5.75 Å². The van der Waals surface area contributed by atoms with E-state index in [0.29, 0.717) is 29.5 Å². The predicted octanol–water partition coefficient (Wildman–Crippen LogP) is 4.94. The first-order valence-electron chi connectivity index (χ1n) is 9.27. The molecule has 3 rings (SSSR count). The van der Waals surface area contributed by atoms with Crippen LogP contribution in [-0.4, -0.2) is 26.7 Å². The number of benzene rings is 3. The van der Waals surface area contributed by atoms with Gasteiger partial charge >= 0.3 is 0 Å². The molecule has 0 unspecified atom stereocenters. The van der Waals surface area contributed by atoms with Crippen molar-refractivity contribution in [3.63, 3.8) is 0 Å². The van der Waals surface area contributed by atoms with Gasteiger partial charge < -0.3 is 24.8 Å². The van der Waals surface area contributed by atoms with Gasteiger partial charge in [0.05, 0.1) is 25.6 Å². The largest absolute Gasteiger partial charge is 0.497 e. The summed E-state index contributed by atoms with van der Waals surface area (Å²) in [6, 6.07) is 22.5. The number of anilines is 2. The van der Waals surface area contributed by atoms with Crippen LogP contribution in [0.2, 0.25) is 0 Å². The minimum atomic E-state index is -0.134. The summed E-state index contributed by atoms with van der Waals surface area (Å²) in [5, 5.41) is 6.12. The molecule has 0 fully saturated rings. The predicted molar refractivity (Wildman–Crippen MR) is 114 cm³/mol. The van der Waals surface area contributed by atoms with E-state index in [9.17, 15) is 4.79 Å². The summed E-state index contributed by atoms with van der Waals surface area (Å²) >= 11 is 0. The number of nitrogens with one attached hydrogen (secondary N) is 2. The average molecular weight is 392 g/mol. The second-order valence-corrected chi connectivity index (χ2v) is 6.20. The standard InChI is InChI=1S/C23H24N2O4/c1-27-18-12-13-21(28-2)20(16-18)25-23(26)14-15-24-19-10-6-7-11-22(19)29-17-8-4-3-5-9-17/h3-13,16,24H,14-15H2,1-2H3,(H,25,26). The Bertz CT molecular complexity index is 945. The molecule has 150 valence electrons. The summed E-state index contributed by atoms with van der Waals surface area (Å²) in [5.41, 5.74) is 1.40. The molecule has 2 N–H and O–H groups in total. The van der Waals surface area contributed by atoms with E-state index < -0.39 is 0 Å². The molecular weight excluding hydrogens is 368 g/mol. The Morgan fingerprint density at radius 3 is 2.31 bits per heavy atom. The number of carbonyl (C=O) groups is 1. The maximum Gasteiger partial charge on any atom is 0.226 e. The van der Waals surface area contributed by atoms with Crippen LogP contribution in [0.25, 0.3) is 0 Å². The molecule has 0 heterocycles. The fourth-order valence-electron chi connectivity index (χ4n) is 2.75. The molecule has 6 nitrogen and oxygen atoms in total. The van der Waals surface area contributed by atoms with Crippen molar-refractivity contribution < 1.29 is 19.0 Å². The minimum absolute atomic E-state index is 0.134. The summed E-state index contributed by atoms with van der Waals surface area (Å²) < 4.78 is 16.4. The Kier molecular flexibility index (Phi) is 6.95. The van der Waals surface area contributed by atoms with Crippen molar-refractivity contribution in [3.8, 4) is 23.0 Å². The van der Waals surface area contributed by atoms with Crippen molar-refractivity contribution in [1.29, 1.82) is 0 Å². The zero-order chi connectivity index (χ0) is 20.5. The first-order chi connectivity index (χ1) is 14.2. The third-order valence-electron chi connectivity index (χ3n) is 4.21. The maximum atomic E-state index is 12.4. The number of hydrogen-bond donors (Lipinski definition) is 2. The highest BCUT2D eigenvalue weighted by atomic mass is 16.5. The van der Waals surface area contributed by atoms with Gasteiger partial charge in [-0.3, -0.25) is 4.79 Å². The summed E-state index contributed by atoms with van der Waals surface area (Å²) in [6.45, 7) is 0.452. The van der Waals surface area contributed by atoms with Gasteiger partial charge in [-0.15, -0.1) is 0 Å². The summed E-state index contributed by atoms with van der Waals surface area (Å²) in [4.78, 5) is 12.4. The van der Waals surface area contributed by atoms with Crippen molar-refractivity contribution in [2.24, 2.45) is 0 Å². The lowest BCUT2D eigenvalue weighted by Crippen LogP contribution is -2.17. The first kappa shape index (κ1) is 20.1. The molecule has 3 aromatic rings. The van der Waals surface area contributed by atoms with Crippen LogP contribution in [-0.2, 0) is 4.79 Å². The quantitative estimate of drug-likeness (QED) is 0.540. The Balaban J connectivity index is 1.57. The number of rotatable bonds is 9. The Morgan fingerprint density at radius 2 is 1.55 bits per heavy atom. The fraction of sp³-hybridized carbons (Fsp3) is 0.174. The lowest BCUT2D eigenvalue weighted by molar-refractivity contribution is -0.116. The zero-order valence-electron chi connectivity index (χ0n) is 16.5. The molecule has 0 atom stereocenters. The smallest absolute Gasteiger partial charge is 0.226 e. The number of hydrogen-bond acceptors (Lipinski definition) is 5. The van der Waals surface area contributed by atoms with Gasteiger partial charge in [-0.1, -0.05) is 30.3 Å². The van der Waals surface area contributed by atoms with Crippen LogP contribution in [0.15, 0.2) is 72.8 Å². The molecule has 0 spiro atoms. The van der Waals surface area contributed by atoms with E-state index in [1.54, 1.807) is 32.4 Å². The molecule has 0 aromatic heterocycles. The van der Waals surface area contributed by atoms with E-state index in [1.165, 1.54) is 0 Å². The van der Waals surface area contributed by atoms with Crippen molar-refractivity contribution in [3.05, 3.63) is 72.8 Å². The molecule has 1 amide bonds. The first-order valence-corrected chi connectivity index (χ1v) is 9.27. The second kappa shape index (κ2) is 10.0. The molecule has 0 aliphatic rings. The zero-order valence-corrected chi connectivity index (χ0v) is 16.5. The van der Waals surface area contributed by atoms with Crippen LogP contribution in [0, 0.1) is 0 Å². The fourth-order valence-corrected chi connectivity index (χ4v) is 2.75. The maximum absolute atomic E-state index is 12.4. The molecule has 0 aliphatic carbocycles. The summed E-state index contributed by atoms with van der Waals surface area (Å²) in [7, 11) is 3.13. The highest BCUT2D eigenvalue weighted by Gasteiger charge is 2.10. The van der Waals surface area contributed by atoms with E-state index in [0.717, 1.165) is 11.4 Å². The number of amides is 1. The molecule has 0 saturated carbocycles. The molecule has 0 bridgehead atoms. The normalized spacial score (nSPS) is 10.1. The highest BCUT2D eigenvalue weighted by molar-refractivity contribution is 5.92. The van der Waals surface area contributed by atoms with Crippen LogP contribution in [0.4, 0.5) is 11.4 Å². The van der Waals surface area contributed by atoms with Crippen molar-refractivity contribution in [2.45, 2.75) is 6.42 Å². The van der Waals surface area contributed by atoms with Crippen LogP contribution >= 0.6 is 0 Å². The molecule has 29 heavy (non-hydrogen) atoms. The Labute approximate surface area is 170 Å².